The molecule has 1 amide bonds. The maximum atomic E-state index is 12.5. The largest absolute Gasteiger partial charge is 0.394 e. The first-order chi connectivity index (χ1) is 29.1. The average Bonchev–Trinajstić information content (AvgIpc) is 3.24. The number of rotatable bonds is 46. The van der Waals surface area contributed by atoms with Crippen molar-refractivity contribution in [2.45, 2.75) is 270 Å². The van der Waals surface area contributed by atoms with Crippen LogP contribution in [0.15, 0.2) is 60.8 Å². The van der Waals surface area contributed by atoms with Gasteiger partial charge in [-0.15, -0.1) is 0 Å². The van der Waals surface area contributed by atoms with Crippen molar-refractivity contribution in [2.75, 3.05) is 6.61 Å². The first-order valence-corrected chi connectivity index (χ1v) is 25.6. The molecule has 0 aliphatic heterocycles. The summed E-state index contributed by atoms with van der Waals surface area (Å²) in [5, 5.41) is 33.2. The molecule has 0 aliphatic rings. The van der Waals surface area contributed by atoms with Crippen molar-refractivity contribution in [1.29, 1.82) is 0 Å². The molecule has 0 aliphatic carbocycles. The molecule has 0 saturated carbocycles. The summed E-state index contributed by atoms with van der Waals surface area (Å²) in [6, 6.07) is -0.823. The normalized spacial score (nSPS) is 13.9. The smallest absolute Gasteiger partial charge is 0.249 e. The maximum absolute atomic E-state index is 12.5. The molecule has 3 atom stereocenters. The zero-order valence-corrected chi connectivity index (χ0v) is 39.1. The zero-order chi connectivity index (χ0) is 43.0. The number of carbonyl (C=O) groups is 1. The first kappa shape index (κ1) is 57.1. The summed E-state index contributed by atoms with van der Waals surface area (Å²) in [6.45, 7) is 4.15. The summed E-state index contributed by atoms with van der Waals surface area (Å²) in [4.78, 5) is 12.5. The predicted octanol–water partition coefficient (Wildman–Crippen LogP) is 15.4. The van der Waals surface area contributed by atoms with Gasteiger partial charge in [-0.25, -0.2) is 0 Å². The molecule has 0 fully saturated rings. The maximum Gasteiger partial charge on any atom is 0.249 e. The molecule has 0 aromatic heterocycles. The fourth-order valence-corrected chi connectivity index (χ4v) is 7.54. The Bertz CT molecular complexity index is 1000. The van der Waals surface area contributed by atoms with Gasteiger partial charge in [0.25, 0.3) is 0 Å². The molecular formula is C54H99NO4. The number of hydrogen-bond donors (Lipinski definition) is 4. The lowest BCUT2D eigenvalue weighted by Crippen LogP contribution is -2.48. The third-order valence-electron chi connectivity index (χ3n) is 11.6. The minimum absolute atomic E-state index is 0.383. The fraction of sp³-hybridized carbons (Fsp3) is 0.796. The van der Waals surface area contributed by atoms with E-state index in [0.717, 1.165) is 51.4 Å². The van der Waals surface area contributed by atoms with Gasteiger partial charge in [0.2, 0.25) is 5.91 Å². The SMILES string of the molecule is CCCCCCC/C=C/CC/C=C/CC/C=C/C(O)C(CO)NC(=O)C(O)CCCCCCCCCCCCCCCC/C=C\C/C=C\CCCCCCCCCCC. The van der Waals surface area contributed by atoms with Crippen molar-refractivity contribution < 1.29 is 20.1 Å². The highest BCUT2D eigenvalue weighted by Crippen LogP contribution is 2.15. The molecule has 0 saturated heterocycles. The minimum atomic E-state index is -1.11. The molecule has 0 bridgehead atoms. The number of aliphatic hydroxyl groups is 3. The van der Waals surface area contributed by atoms with Gasteiger partial charge in [-0.05, 0) is 77.0 Å². The number of aliphatic hydroxyl groups excluding tert-OH is 3. The number of unbranched alkanes of at least 4 members (excludes halogenated alkanes) is 30. The Morgan fingerprint density at radius 3 is 1.14 bits per heavy atom. The van der Waals surface area contributed by atoms with Gasteiger partial charge in [0.05, 0.1) is 18.8 Å². The van der Waals surface area contributed by atoms with Gasteiger partial charge in [0, 0.05) is 0 Å². The Morgan fingerprint density at radius 1 is 0.424 bits per heavy atom. The molecule has 59 heavy (non-hydrogen) atoms. The van der Waals surface area contributed by atoms with E-state index in [4.69, 9.17) is 0 Å². The second-order valence-electron chi connectivity index (χ2n) is 17.4. The Hall–Kier alpha value is -1.95. The van der Waals surface area contributed by atoms with Crippen LogP contribution in [0.5, 0.6) is 0 Å². The molecule has 0 aromatic carbocycles. The van der Waals surface area contributed by atoms with Gasteiger partial charge in [-0.2, -0.15) is 0 Å². The van der Waals surface area contributed by atoms with Crippen LogP contribution in [0.2, 0.25) is 0 Å². The number of nitrogens with one attached hydrogen (secondary N) is 1. The third kappa shape index (κ3) is 43.9. The molecule has 0 spiro atoms. The topological polar surface area (TPSA) is 89.8 Å². The second kappa shape index (κ2) is 48.7. The van der Waals surface area contributed by atoms with E-state index in [1.807, 2.05) is 6.08 Å². The molecule has 0 heterocycles. The molecule has 5 heteroatoms. The number of hydrogen-bond acceptors (Lipinski definition) is 4. The van der Waals surface area contributed by atoms with Crippen LogP contribution in [0, 0.1) is 0 Å². The van der Waals surface area contributed by atoms with E-state index in [1.165, 1.54) is 180 Å². The lowest BCUT2D eigenvalue weighted by Gasteiger charge is -2.21. The number of carbonyl (C=O) groups excluding carboxylic acids is 1. The van der Waals surface area contributed by atoms with Crippen LogP contribution in [-0.2, 0) is 4.79 Å². The van der Waals surface area contributed by atoms with Crippen molar-refractivity contribution in [2.24, 2.45) is 0 Å². The highest BCUT2D eigenvalue weighted by atomic mass is 16.3. The number of allylic oxidation sites excluding steroid dienone is 9. The van der Waals surface area contributed by atoms with Gasteiger partial charge >= 0.3 is 0 Å². The van der Waals surface area contributed by atoms with Crippen LogP contribution < -0.4 is 5.32 Å². The Kier molecular flexibility index (Phi) is 47.1. The molecule has 4 N–H and O–H groups in total. The van der Waals surface area contributed by atoms with Gasteiger partial charge in [-0.3, -0.25) is 4.79 Å². The summed E-state index contributed by atoms with van der Waals surface area (Å²) in [5.41, 5.74) is 0. The van der Waals surface area contributed by atoms with Crippen LogP contribution in [0.4, 0.5) is 0 Å². The van der Waals surface area contributed by atoms with Crippen molar-refractivity contribution in [1.82, 2.24) is 5.32 Å². The van der Waals surface area contributed by atoms with Crippen LogP contribution in [0.25, 0.3) is 0 Å². The first-order valence-electron chi connectivity index (χ1n) is 25.6. The lowest BCUT2D eigenvalue weighted by atomic mass is 10.0. The Labute approximate surface area is 367 Å². The number of amides is 1. The summed E-state index contributed by atoms with van der Waals surface area (Å²) in [6.07, 6.45) is 65.7. The van der Waals surface area contributed by atoms with E-state index < -0.39 is 24.2 Å². The quantitative estimate of drug-likeness (QED) is 0.0363. The Morgan fingerprint density at radius 2 is 0.746 bits per heavy atom. The van der Waals surface area contributed by atoms with E-state index in [1.54, 1.807) is 6.08 Å². The van der Waals surface area contributed by atoms with E-state index in [0.29, 0.717) is 6.42 Å². The summed E-state index contributed by atoms with van der Waals surface area (Å²) >= 11 is 0. The van der Waals surface area contributed by atoms with Crippen LogP contribution in [0.3, 0.4) is 0 Å². The van der Waals surface area contributed by atoms with E-state index in [-0.39, 0.29) is 6.61 Å². The van der Waals surface area contributed by atoms with Gasteiger partial charge in [0.15, 0.2) is 0 Å². The van der Waals surface area contributed by atoms with Crippen molar-refractivity contribution in [3.05, 3.63) is 60.8 Å². The lowest BCUT2D eigenvalue weighted by molar-refractivity contribution is -0.131. The van der Waals surface area contributed by atoms with Crippen LogP contribution >= 0.6 is 0 Å². The average molecular weight is 826 g/mol. The van der Waals surface area contributed by atoms with Crippen LogP contribution in [0.1, 0.15) is 251 Å². The molecule has 0 rings (SSSR count). The second-order valence-corrected chi connectivity index (χ2v) is 17.4. The van der Waals surface area contributed by atoms with Crippen molar-refractivity contribution in [3.8, 4) is 0 Å². The van der Waals surface area contributed by atoms with Gasteiger partial charge in [-0.1, -0.05) is 235 Å². The van der Waals surface area contributed by atoms with E-state index in [2.05, 4.69) is 67.8 Å². The zero-order valence-electron chi connectivity index (χ0n) is 39.1. The minimum Gasteiger partial charge on any atom is -0.394 e. The molecule has 5 nitrogen and oxygen atoms in total. The predicted molar refractivity (Wildman–Crippen MR) is 259 cm³/mol. The molecule has 344 valence electrons. The molecule has 0 radical (unpaired) electrons. The Balaban J connectivity index is 3.62. The molecule has 0 aromatic rings. The van der Waals surface area contributed by atoms with Gasteiger partial charge < -0.3 is 20.6 Å². The molecule has 3 unspecified atom stereocenters. The molecular weight excluding hydrogens is 727 g/mol. The van der Waals surface area contributed by atoms with E-state index >= 15 is 0 Å². The highest BCUT2D eigenvalue weighted by Gasteiger charge is 2.22. The highest BCUT2D eigenvalue weighted by molar-refractivity contribution is 5.80. The summed E-state index contributed by atoms with van der Waals surface area (Å²) in [7, 11) is 0. The van der Waals surface area contributed by atoms with Crippen molar-refractivity contribution >= 4 is 5.91 Å². The monoisotopic (exact) mass is 826 g/mol. The van der Waals surface area contributed by atoms with E-state index in [9.17, 15) is 20.1 Å². The van der Waals surface area contributed by atoms with Crippen molar-refractivity contribution in [3.63, 3.8) is 0 Å². The summed E-state index contributed by atoms with van der Waals surface area (Å²) in [5.74, 6) is -0.518. The summed E-state index contributed by atoms with van der Waals surface area (Å²) < 4.78 is 0. The standard InChI is InChI=1S/C54H99NO4/c1-3-5-7-9-11-13-15-17-19-20-21-22-23-24-25-26-27-28-29-30-31-32-33-35-37-39-41-43-45-47-49-53(58)54(59)55-51(50-56)52(57)48-46-44-42-40-38-36-34-18-16-14-12-10-8-6-4-2/h16,18,21-22,24-25,38,40,46,48,51-53,56-58H,3-15,17,19-20,23,26-37,39,41-45,47,49-50H2,1-2H3,(H,55,59)/b18-16+,22-21-,25-24-,40-38+,48-46+. The van der Waals surface area contributed by atoms with Crippen LogP contribution in [-0.4, -0.2) is 46.1 Å². The fourth-order valence-electron chi connectivity index (χ4n) is 7.54. The third-order valence-corrected chi connectivity index (χ3v) is 11.6. The van der Waals surface area contributed by atoms with Gasteiger partial charge in [0.1, 0.15) is 6.10 Å².